The molecule has 1 fully saturated rings. The molecule has 21 heavy (non-hydrogen) atoms. The fourth-order valence-electron chi connectivity index (χ4n) is 2.30. The topological polar surface area (TPSA) is 92.5 Å². The molecule has 1 amide bonds. The van der Waals surface area contributed by atoms with E-state index in [0.717, 1.165) is 18.7 Å². The highest BCUT2D eigenvalue weighted by molar-refractivity contribution is 7.89. The fourth-order valence-corrected chi connectivity index (χ4v) is 3.18. The minimum Gasteiger partial charge on any atom is -0.336 e. The summed E-state index contributed by atoms with van der Waals surface area (Å²) in [5, 5.41) is 8.38. The maximum Gasteiger partial charge on any atom is 0.253 e. The van der Waals surface area contributed by atoms with Gasteiger partial charge in [-0.3, -0.25) is 4.79 Å². The van der Waals surface area contributed by atoms with Crippen molar-refractivity contribution in [3.63, 3.8) is 0 Å². The molecule has 1 aliphatic rings. The van der Waals surface area contributed by atoms with Crippen molar-refractivity contribution in [2.24, 2.45) is 5.14 Å². The van der Waals surface area contributed by atoms with Crippen LogP contribution in [0.15, 0.2) is 17.0 Å². The summed E-state index contributed by atoms with van der Waals surface area (Å²) in [4.78, 5) is 14.1. The highest BCUT2D eigenvalue weighted by Gasteiger charge is 2.22. The van der Waals surface area contributed by atoms with E-state index in [9.17, 15) is 13.2 Å². The zero-order valence-electron chi connectivity index (χ0n) is 12.0. The van der Waals surface area contributed by atoms with Crippen molar-refractivity contribution in [3.8, 4) is 0 Å². The molecule has 118 valence electrons. The van der Waals surface area contributed by atoms with Crippen molar-refractivity contribution < 1.29 is 13.2 Å². The van der Waals surface area contributed by atoms with Gasteiger partial charge in [-0.1, -0.05) is 0 Å². The number of aryl methyl sites for hydroxylation is 1. The molecule has 0 atom stereocenters. The average molecular weight is 334 g/mol. The van der Waals surface area contributed by atoms with Crippen LogP contribution in [0.25, 0.3) is 0 Å². The van der Waals surface area contributed by atoms with Crippen LogP contribution in [0.1, 0.15) is 21.5 Å². The number of benzene rings is 1. The summed E-state index contributed by atoms with van der Waals surface area (Å²) in [6.07, 6.45) is 0. The molecule has 2 rings (SSSR count). The first-order valence-electron chi connectivity index (χ1n) is 6.45. The standard InChI is InChI=1S/C13H19N3O3S.ClH/c1-9-7-11(8-12(10(9)2)20(14,18)19)13(17)16-5-3-15-4-6-16;/h7-8,15H,3-6H2,1-2H3,(H2,14,18,19);1H. The summed E-state index contributed by atoms with van der Waals surface area (Å²) in [6.45, 7) is 6.21. The van der Waals surface area contributed by atoms with Crippen LogP contribution in [0.4, 0.5) is 0 Å². The predicted molar refractivity (Wildman–Crippen MR) is 83.3 cm³/mol. The number of nitrogens with two attached hydrogens (primary N) is 1. The lowest BCUT2D eigenvalue weighted by atomic mass is 10.1. The van der Waals surface area contributed by atoms with Gasteiger partial charge in [-0.15, -0.1) is 12.4 Å². The number of carbonyl (C=O) groups excluding carboxylic acids is 1. The molecule has 0 saturated carbocycles. The molecular weight excluding hydrogens is 314 g/mol. The Morgan fingerprint density at radius 2 is 1.81 bits per heavy atom. The number of rotatable bonds is 2. The zero-order valence-corrected chi connectivity index (χ0v) is 13.7. The quantitative estimate of drug-likeness (QED) is 0.820. The Hall–Kier alpha value is -1.15. The number of carbonyl (C=O) groups is 1. The van der Waals surface area contributed by atoms with Crippen molar-refractivity contribution >= 4 is 28.3 Å². The molecule has 0 spiro atoms. The molecule has 0 bridgehead atoms. The number of primary sulfonamides is 1. The van der Waals surface area contributed by atoms with Gasteiger partial charge in [0, 0.05) is 31.7 Å². The number of piperazine rings is 1. The number of hydrogen-bond acceptors (Lipinski definition) is 4. The summed E-state index contributed by atoms with van der Waals surface area (Å²) in [7, 11) is -3.83. The van der Waals surface area contributed by atoms with Gasteiger partial charge in [0.2, 0.25) is 10.0 Å². The Balaban J connectivity index is 0.00000220. The third kappa shape index (κ3) is 3.94. The van der Waals surface area contributed by atoms with Crippen molar-refractivity contribution in [3.05, 3.63) is 28.8 Å². The van der Waals surface area contributed by atoms with Gasteiger partial charge < -0.3 is 10.2 Å². The largest absolute Gasteiger partial charge is 0.336 e. The highest BCUT2D eigenvalue weighted by atomic mass is 35.5. The second-order valence-corrected chi connectivity index (χ2v) is 6.53. The van der Waals surface area contributed by atoms with E-state index < -0.39 is 10.0 Å². The Kier molecular flexibility index (Phi) is 5.75. The van der Waals surface area contributed by atoms with E-state index in [1.54, 1.807) is 24.8 Å². The van der Waals surface area contributed by atoms with Crippen molar-refractivity contribution in [2.45, 2.75) is 18.7 Å². The number of hydrogen-bond donors (Lipinski definition) is 2. The van der Waals surface area contributed by atoms with E-state index in [4.69, 9.17) is 5.14 Å². The zero-order chi connectivity index (χ0) is 14.9. The first-order chi connectivity index (χ1) is 9.30. The van der Waals surface area contributed by atoms with Crippen LogP contribution in [-0.4, -0.2) is 45.4 Å². The first kappa shape index (κ1) is 17.9. The Labute approximate surface area is 131 Å². The van der Waals surface area contributed by atoms with Crippen molar-refractivity contribution in [2.75, 3.05) is 26.2 Å². The highest BCUT2D eigenvalue weighted by Crippen LogP contribution is 2.21. The van der Waals surface area contributed by atoms with Gasteiger partial charge in [-0.05, 0) is 37.1 Å². The molecule has 6 nitrogen and oxygen atoms in total. The second-order valence-electron chi connectivity index (χ2n) is 5.00. The van der Waals surface area contributed by atoms with Crippen molar-refractivity contribution in [1.82, 2.24) is 10.2 Å². The molecule has 0 aliphatic carbocycles. The van der Waals surface area contributed by atoms with Crippen LogP contribution >= 0.6 is 12.4 Å². The van der Waals surface area contributed by atoms with Gasteiger partial charge in [0.15, 0.2) is 0 Å². The lowest BCUT2D eigenvalue weighted by molar-refractivity contribution is 0.0735. The number of nitrogens with zero attached hydrogens (tertiary/aromatic N) is 1. The molecule has 1 saturated heterocycles. The number of amides is 1. The van der Waals surface area contributed by atoms with E-state index in [1.807, 2.05) is 0 Å². The Morgan fingerprint density at radius 1 is 1.24 bits per heavy atom. The Morgan fingerprint density at radius 3 is 2.33 bits per heavy atom. The van der Waals surface area contributed by atoms with Crippen LogP contribution in [0.3, 0.4) is 0 Å². The van der Waals surface area contributed by atoms with Gasteiger partial charge in [-0.25, -0.2) is 13.6 Å². The van der Waals surface area contributed by atoms with Crippen LogP contribution in [0.5, 0.6) is 0 Å². The summed E-state index contributed by atoms with van der Waals surface area (Å²) in [5.74, 6) is -0.153. The monoisotopic (exact) mass is 333 g/mol. The van der Waals surface area contributed by atoms with Crippen LogP contribution in [0.2, 0.25) is 0 Å². The first-order valence-corrected chi connectivity index (χ1v) is 7.99. The third-order valence-electron chi connectivity index (χ3n) is 3.58. The summed E-state index contributed by atoms with van der Waals surface area (Å²) < 4.78 is 23.2. The van der Waals surface area contributed by atoms with Gasteiger partial charge in [0.1, 0.15) is 0 Å². The van der Waals surface area contributed by atoms with Crippen LogP contribution < -0.4 is 10.5 Å². The molecule has 0 radical (unpaired) electrons. The van der Waals surface area contributed by atoms with Crippen LogP contribution in [-0.2, 0) is 10.0 Å². The summed E-state index contributed by atoms with van der Waals surface area (Å²) in [5.41, 5.74) is 1.71. The lowest BCUT2D eigenvalue weighted by Gasteiger charge is -2.27. The van der Waals surface area contributed by atoms with E-state index >= 15 is 0 Å². The molecule has 8 heteroatoms. The Bertz CT molecular complexity index is 640. The maximum atomic E-state index is 12.4. The maximum absolute atomic E-state index is 12.4. The molecule has 1 heterocycles. The normalized spacial score (nSPS) is 15.5. The lowest BCUT2D eigenvalue weighted by Crippen LogP contribution is -2.46. The molecule has 3 N–H and O–H groups in total. The minimum absolute atomic E-state index is 0. The number of sulfonamides is 1. The van der Waals surface area contributed by atoms with E-state index in [1.165, 1.54) is 6.07 Å². The third-order valence-corrected chi connectivity index (χ3v) is 4.61. The van der Waals surface area contributed by atoms with Gasteiger partial charge in [-0.2, -0.15) is 0 Å². The van der Waals surface area contributed by atoms with E-state index in [-0.39, 0.29) is 23.2 Å². The van der Waals surface area contributed by atoms with E-state index in [0.29, 0.717) is 24.2 Å². The minimum atomic E-state index is -3.83. The molecule has 1 aromatic rings. The van der Waals surface area contributed by atoms with Crippen molar-refractivity contribution in [1.29, 1.82) is 0 Å². The SMILES string of the molecule is Cc1cc(C(=O)N2CCNCC2)cc(S(N)(=O)=O)c1C.Cl. The summed E-state index contributed by atoms with van der Waals surface area (Å²) >= 11 is 0. The molecule has 1 aliphatic heterocycles. The van der Waals surface area contributed by atoms with Gasteiger partial charge in [0.25, 0.3) is 5.91 Å². The van der Waals surface area contributed by atoms with Gasteiger partial charge >= 0.3 is 0 Å². The smallest absolute Gasteiger partial charge is 0.253 e. The molecule has 1 aromatic carbocycles. The fraction of sp³-hybridized carbons (Fsp3) is 0.462. The second kappa shape index (κ2) is 6.74. The average Bonchev–Trinajstić information content (AvgIpc) is 2.40. The van der Waals surface area contributed by atoms with E-state index in [2.05, 4.69) is 5.32 Å². The van der Waals surface area contributed by atoms with Crippen LogP contribution in [0, 0.1) is 13.8 Å². The molecule has 0 aromatic heterocycles. The molecular formula is C13H20ClN3O3S. The molecule has 0 unspecified atom stereocenters. The number of halogens is 1. The van der Waals surface area contributed by atoms with Gasteiger partial charge in [0.05, 0.1) is 4.90 Å². The summed E-state index contributed by atoms with van der Waals surface area (Å²) in [6, 6.07) is 3.09. The number of nitrogens with one attached hydrogen (secondary N) is 1. The predicted octanol–water partition coefficient (Wildman–Crippen LogP) is 0.418.